The summed E-state index contributed by atoms with van der Waals surface area (Å²) in [5.41, 5.74) is -1.89. The van der Waals surface area contributed by atoms with Gasteiger partial charge in [0, 0.05) is 45.3 Å². The van der Waals surface area contributed by atoms with Crippen LogP contribution in [-0.2, 0) is 26.1 Å². The van der Waals surface area contributed by atoms with Gasteiger partial charge in [-0.1, -0.05) is 12.1 Å². The fraction of sp³-hybridized carbons (Fsp3) is 0.120. The van der Waals surface area contributed by atoms with Crippen molar-refractivity contribution >= 4 is 31.9 Å². The molecular weight excluding hydrogens is 503 g/mol. The number of aromatic amines is 2. The smallest absolute Gasteiger partial charge is 0.361 e. The van der Waals surface area contributed by atoms with Crippen molar-refractivity contribution in [2.75, 3.05) is 6.26 Å². The van der Waals surface area contributed by atoms with Gasteiger partial charge >= 0.3 is 6.18 Å². The minimum atomic E-state index is -4.63. The molecule has 0 saturated heterocycles. The van der Waals surface area contributed by atoms with Gasteiger partial charge in [-0.25, -0.2) is 13.0 Å². The number of fused-ring (bicyclic) bond motifs is 2. The SMILES string of the molecule is CS(=O)(=O)OC(c1ccc(C(F)(F)F)cc1)(c1c[nH]c2cc(F)ccc12)c1c[nH]c2cc(F)ccc12. The zero-order chi connectivity index (χ0) is 25.9. The molecule has 0 aliphatic heterocycles. The van der Waals surface area contributed by atoms with E-state index < -0.39 is 39.1 Å². The Hall–Kier alpha value is -3.70. The van der Waals surface area contributed by atoms with E-state index in [9.17, 15) is 30.4 Å². The standard InChI is InChI=1S/C25H17F5N2O3S/c1-36(33,34)35-24(14-2-4-15(5-3-14)25(28,29)30,20-12-31-22-10-16(26)6-8-18(20)22)21-13-32-23-11-17(27)7-9-19(21)23/h2-13,31-32H,1H3. The summed E-state index contributed by atoms with van der Waals surface area (Å²) in [5, 5.41) is 0.743. The first-order valence-electron chi connectivity index (χ1n) is 10.5. The van der Waals surface area contributed by atoms with E-state index in [1.54, 1.807) is 0 Å². The molecule has 0 fully saturated rings. The summed E-state index contributed by atoms with van der Waals surface area (Å²) in [7, 11) is -4.27. The van der Waals surface area contributed by atoms with Crippen molar-refractivity contribution in [3.8, 4) is 0 Å². The van der Waals surface area contributed by atoms with Crippen LogP contribution in [0.25, 0.3) is 21.8 Å². The first-order valence-corrected chi connectivity index (χ1v) is 12.3. The molecule has 5 rings (SSSR count). The topological polar surface area (TPSA) is 75.0 Å². The predicted octanol–water partition coefficient (Wildman–Crippen LogP) is 6.21. The fourth-order valence-electron chi connectivity index (χ4n) is 4.49. The number of rotatable bonds is 5. The Balaban J connectivity index is 1.91. The number of H-pyrrole nitrogens is 2. The second-order valence-corrected chi connectivity index (χ2v) is 9.90. The van der Waals surface area contributed by atoms with Crippen LogP contribution in [0.3, 0.4) is 0 Å². The maximum absolute atomic E-state index is 13.9. The number of hydrogen-bond acceptors (Lipinski definition) is 3. The van der Waals surface area contributed by atoms with Crippen LogP contribution in [0.15, 0.2) is 73.1 Å². The predicted molar refractivity (Wildman–Crippen MR) is 124 cm³/mol. The maximum atomic E-state index is 13.9. The molecule has 0 unspecified atom stereocenters. The van der Waals surface area contributed by atoms with Crippen LogP contribution in [0, 0.1) is 11.6 Å². The zero-order valence-corrected chi connectivity index (χ0v) is 19.3. The van der Waals surface area contributed by atoms with Gasteiger partial charge in [-0.15, -0.1) is 0 Å². The molecule has 2 heterocycles. The lowest BCUT2D eigenvalue weighted by Gasteiger charge is -2.33. The third kappa shape index (κ3) is 4.03. The largest absolute Gasteiger partial charge is 0.416 e. The van der Waals surface area contributed by atoms with Gasteiger partial charge in [-0.3, -0.25) is 0 Å². The number of alkyl halides is 3. The van der Waals surface area contributed by atoms with Crippen molar-refractivity contribution < 1.29 is 34.6 Å². The Morgan fingerprint density at radius 1 is 0.722 bits per heavy atom. The molecule has 11 heteroatoms. The number of aromatic nitrogens is 2. The van der Waals surface area contributed by atoms with E-state index in [2.05, 4.69) is 9.97 Å². The van der Waals surface area contributed by atoms with Crippen LogP contribution in [-0.4, -0.2) is 24.6 Å². The molecule has 2 aromatic heterocycles. The van der Waals surface area contributed by atoms with Crippen molar-refractivity contribution in [1.82, 2.24) is 9.97 Å². The summed E-state index contributed by atoms with van der Waals surface area (Å²) in [6, 6.07) is 11.4. The highest BCUT2D eigenvalue weighted by atomic mass is 32.2. The molecule has 0 spiro atoms. The lowest BCUT2D eigenvalue weighted by molar-refractivity contribution is -0.137. The molecule has 0 bridgehead atoms. The molecule has 0 saturated carbocycles. The number of benzene rings is 3. The summed E-state index contributed by atoms with van der Waals surface area (Å²) in [5.74, 6) is -1.11. The maximum Gasteiger partial charge on any atom is 0.416 e. The minimum Gasteiger partial charge on any atom is -0.361 e. The average molecular weight is 520 g/mol. The summed E-state index contributed by atoms with van der Waals surface area (Å²) < 4.78 is 98.9. The summed E-state index contributed by atoms with van der Waals surface area (Å²) in [6.45, 7) is 0. The second-order valence-electron chi connectivity index (χ2n) is 8.33. The zero-order valence-electron chi connectivity index (χ0n) is 18.5. The summed E-state index contributed by atoms with van der Waals surface area (Å²) >= 11 is 0. The molecule has 2 N–H and O–H groups in total. The molecule has 0 radical (unpaired) electrons. The van der Waals surface area contributed by atoms with E-state index in [0.29, 0.717) is 21.8 Å². The van der Waals surface area contributed by atoms with Crippen LogP contribution in [0.5, 0.6) is 0 Å². The van der Waals surface area contributed by atoms with Crippen molar-refractivity contribution in [2.24, 2.45) is 0 Å². The molecule has 36 heavy (non-hydrogen) atoms. The van der Waals surface area contributed by atoms with Crippen LogP contribution in [0.2, 0.25) is 0 Å². The molecular formula is C25H17F5N2O3S. The number of nitrogens with one attached hydrogen (secondary N) is 2. The van der Waals surface area contributed by atoms with Gasteiger partial charge in [0.05, 0.1) is 11.8 Å². The van der Waals surface area contributed by atoms with Gasteiger partial charge in [0.1, 0.15) is 11.6 Å². The van der Waals surface area contributed by atoms with Gasteiger partial charge in [0.25, 0.3) is 10.1 Å². The van der Waals surface area contributed by atoms with Crippen molar-refractivity contribution in [3.63, 3.8) is 0 Å². The highest BCUT2D eigenvalue weighted by molar-refractivity contribution is 7.86. The quantitative estimate of drug-likeness (QED) is 0.214. The minimum absolute atomic E-state index is 0.0522. The highest BCUT2D eigenvalue weighted by Crippen LogP contribution is 2.47. The molecule has 5 nitrogen and oxygen atoms in total. The van der Waals surface area contributed by atoms with Gasteiger partial charge in [-0.05, 0) is 54.1 Å². The van der Waals surface area contributed by atoms with Gasteiger partial charge in [0.2, 0.25) is 0 Å². The van der Waals surface area contributed by atoms with Gasteiger partial charge in [0.15, 0.2) is 5.60 Å². The summed E-state index contributed by atoms with van der Waals surface area (Å²) in [6.07, 6.45) is -0.991. The van der Waals surface area contributed by atoms with E-state index in [1.165, 1.54) is 48.8 Å². The van der Waals surface area contributed by atoms with Crippen molar-refractivity contribution in [3.05, 3.63) is 107 Å². The van der Waals surface area contributed by atoms with E-state index in [1.807, 2.05) is 0 Å². The molecule has 0 amide bonds. The summed E-state index contributed by atoms with van der Waals surface area (Å²) in [4.78, 5) is 5.76. The lowest BCUT2D eigenvalue weighted by Crippen LogP contribution is -2.35. The molecule has 0 aliphatic carbocycles. The normalized spacial score (nSPS) is 13.1. The molecule has 5 aromatic rings. The van der Waals surface area contributed by atoms with Crippen LogP contribution in [0.1, 0.15) is 22.3 Å². The number of hydrogen-bond donors (Lipinski definition) is 2. The number of halogens is 5. The lowest BCUT2D eigenvalue weighted by atomic mass is 9.80. The van der Waals surface area contributed by atoms with E-state index >= 15 is 0 Å². The Morgan fingerprint density at radius 2 is 1.17 bits per heavy atom. The van der Waals surface area contributed by atoms with Gasteiger partial charge in [-0.2, -0.15) is 21.6 Å². The van der Waals surface area contributed by atoms with Crippen molar-refractivity contribution in [1.29, 1.82) is 0 Å². The van der Waals surface area contributed by atoms with Crippen LogP contribution >= 0.6 is 0 Å². The second kappa shape index (κ2) is 8.17. The third-order valence-corrected chi connectivity index (χ3v) is 6.49. The Bertz CT molecular complexity index is 1620. The van der Waals surface area contributed by atoms with E-state index in [-0.39, 0.29) is 16.7 Å². The third-order valence-electron chi connectivity index (χ3n) is 5.94. The molecule has 0 aliphatic rings. The molecule has 0 atom stereocenters. The van der Waals surface area contributed by atoms with Crippen LogP contribution in [0.4, 0.5) is 22.0 Å². The fourth-order valence-corrected chi connectivity index (χ4v) is 5.22. The van der Waals surface area contributed by atoms with E-state index in [0.717, 1.165) is 30.5 Å². The Morgan fingerprint density at radius 3 is 1.58 bits per heavy atom. The van der Waals surface area contributed by atoms with E-state index in [4.69, 9.17) is 4.18 Å². The monoisotopic (exact) mass is 520 g/mol. The Kier molecular flexibility index (Phi) is 5.45. The average Bonchev–Trinajstić information content (AvgIpc) is 3.40. The Labute approximate surface area is 201 Å². The first kappa shape index (κ1) is 24.0. The highest BCUT2D eigenvalue weighted by Gasteiger charge is 2.45. The molecule has 186 valence electrons. The van der Waals surface area contributed by atoms with Crippen LogP contribution < -0.4 is 0 Å². The van der Waals surface area contributed by atoms with Crippen molar-refractivity contribution in [2.45, 2.75) is 11.8 Å². The first-order chi connectivity index (χ1) is 16.9. The van der Waals surface area contributed by atoms with Gasteiger partial charge < -0.3 is 9.97 Å². The molecule has 3 aromatic carbocycles.